The summed E-state index contributed by atoms with van der Waals surface area (Å²) in [6.45, 7) is 0. The van der Waals surface area contributed by atoms with Crippen LogP contribution in [-0.2, 0) is 10.8 Å². The lowest BCUT2D eigenvalue weighted by Gasteiger charge is -2.48. The van der Waals surface area contributed by atoms with Crippen LogP contribution in [0.4, 0.5) is 0 Å². The molecule has 3 aliphatic rings. The first-order valence-corrected chi connectivity index (χ1v) is 24.0. The van der Waals surface area contributed by atoms with Crippen molar-refractivity contribution in [2.45, 2.75) is 10.8 Å². The molecule has 3 aliphatic carbocycles. The van der Waals surface area contributed by atoms with Crippen LogP contribution in [0.1, 0.15) is 44.5 Å². The van der Waals surface area contributed by atoms with Crippen molar-refractivity contribution in [1.29, 1.82) is 0 Å². The topological polar surface area (TPSA) is 25.8 Å². The highest BCUT2D eigenvalue weighted by atomic mass is 32.1. The van der Waals surface area contributed by atoms with Crippen molar-refractivity contribution in [3.8, 4) is 56.2 Å². The Kier molecular flexibility index (Phi) is 7.54. The summed E-state index contributed by atoms with van der Waals surface area (Å²) < 4.78 is 2.60. The van der Waals surface area contributed by atoms with Crippen LogP contribution in [0.5, 0.6) is 0 Å². The molecule has 2 aromatic heterocycles. The molecule has 0 saturated carbocycles. The molecule has 0 fully saturated rings. The summed E-state index contributed by atoms with van der Waals surface area (Å²) in [4.78, 5) is 10.9. The third-order valence-electron chi connectivity index (χ3n) is 15.2. The van der Waals surface area contributed by atoms with Gasteiger partial charge in [0.1, 0.15) is 0 Å². The van der Waals surface area contributed by atoms with E-state index >= 15 is 0 Å². The van der Waals surface area contributed by atoms with Crippen molar-refractivity contribution >= 4 is 42.3 Å². The summed E-state index contributed by atoms with van der Waals surface area (Å²) in [6.07, 6.45) is 0. The first kappa shape index (κ1) is 37.0. The Morgan fingerprint density at radius 1 is 0.299 bits per heavy atom. The lowest BCUT2D eigenvalue weighted by atomic mass is 9.52. The van der Waals surface area contributed by atoms with Gasteiger partial charge in [0.05, 0.1) is 22.2 Å². The number of rotatable bonds is 3. The molecule has 0 radical (unpaired) electrons. The average molecular weight is 867 g/mol. The van der Waals surface area contributed by atoms with E-state index in [9.17, 15) is 0 Å². The zero-order valence-electron chi connectivity index (χ0n) is 36.2. The van der Waals surface area contributed by atoms with Gasteiger partial charge in [0.15, 0.2) is 5.82 Å². The van der Waals surface area contributed by atoms with Gasteiger partial charge in [0.25, 0.3) is 0 Å². The Morgan fingerprint density at radius 3 is 1.57 bits per heavy atom. The number of thiophene rings is 1. The van der Waals surface area contributed by atoms with Crippen LogP contribution >= 0.6 is 11.3 Å². The second-order valence-corrected chi connectivity index (χ2v) is 19.4. The highest BCUT2D eigenvalue weighted by Gasteiger charge is 2.59. The van der Waals surface area contributed by atoms with Crippen LogP contribution in [0.15, 0.2) is 231 Å². The Morgan fingerprint density at radius 2 is 0.851 bits per heavy atom. The van der Waals surface area contributed by atoms with E-state index in [1.807, 2.05) is 11.3 Å². The molecule has 3 heteroatoms. The molecule has 67 heavy (non-hydrogen) atoms. The standard InChI is InChI=1S/C64H38N2S/c1-2-18-40(19-3-1)57-38-58(66-62(65-57)42-34-33-39-17-4-5-20-41(39)35-42)46-24-16-31-55-61(46)48-36-47-45-23-8-15-32-59(45)67-60(47)37-56(48)64(55)53-29-13-11-27-51(53)63(52-28-12-14-30-54(52)64)49-25-9-6-21-43(49)44-22-7-10-26-50(44)63/h1-38H. The minimum atomic E-state index is -0.646. The lowest BCUT2D eigenvalue weighted by molar-refractivity contribution is 0.633. The summed E-state index contributed by atoms with van der Waals surface area (Å²) in [5.74, 6) is 0.709. The molecule has 2 nitrogen and oxygen atoms in total. The first-order chi connectivity index (χ1) is 33.2. The van der Waals surface area contributed by atoms with Gasteiger partial charge in [-0.1, -0.05) is 200 Å². The normalized spacial score (nSPS) is 14.2. The van der Waals surface area contributed by atoms with Crippen LogP contribution in [0, 0.1) is 0 Å². The van der Waals surface area contributed by atoms with Gasteiger partial charge in [-0.15, -0.1) is 11.3 Å². The number of hydrogen-bond acceptors (Lipinski definition) is 3. The van der Waals surface area contributed by atoms with E-state index in [-0.39, 0.29) is 0 Å². The van der Waals surface area contributed by atoms with E-state index in [0.717, 1.165) is 28.1 Å². The maximum atomic E-state index is 5.58. The quantitative estimate of drug-likeness (QED) is 0.177. The summed E-state index contributed by atoms with van der Waals surface area (Å²) in [5.41, 5.74) is 19.5. The Balaban J connectivity index is 1.08. The van der Waals surface area contributed by atoms with E-state index < -0.39 is 10.8 Å². The molecule has 15 rings (SSSR count). The Bertz CT molecular complexity index is 3970. The van der Waals surface area contributed by atoms with Gasteiger partial charge in [-0.25, -0.2) is 9.97 Å². The van der Waals surface area contributed by atoms with Crippen molar-refractivity contribution in [3.05, 3.63) is 275 Å². The molecule has 0 saturated heterocycles. The zero-order chi connectivity index (χ0) is 43.8. The van der Waals surface area contributed by atoms with Crippen molar-refractivity contribution in [1.82, 2.24) is 9.97 Å². The van der Waals surface area contributed by atoms with Crippen molar-refractivity contribution in [3.63, 3.8) is 0 Å². The molecule has 2 heterocycles. The van der Waals surface area contributed by atoms with Crippen LogP contribution in [-0.4, -0.2) is 9.97 Å². The fraction of sp³-hybridized carbons (Fsp3) is 0.0312. The molecule has 0 atom stereocenters. The predicted molar refractivity (Wildman–Crippen MR) is 277 cm³/mol. The number of aromatic nitrogens is 2. The number of benzene rings is 10. The second kappa shape index (κ2) is 13.6. The molecule has 0 amide bonds. The van der Waals surface area contributed by atoms with E-state index in [1.54, 1.807) is 0 Å². The summed E-state index contributed by atoms with van der Waals surface area (Å²) >= 11 is 1.90. The van der Waals surface area contributed by atoms with Gasteiger partial charge in [0, 0.05) is 36.9 Å². The summed E-state index contributed by atoms with van der Waals surface area (Å²) in [7, 11) is 0. The van der Waals surface area contributed by atoms with Gasteiger partial charge in [-0.3, -0.25) is 0 Å². The SMILES string of the molecule is c1ccc(-c2cc(-c3cccc4c3-c3cc5c(cc3C43c4ccccc4C4(c6ccccc6-c6ccccc64)c4ccccc43)sc3ccccc35)nc(-c3ccc4ccccc4c3)n2)cc1. The van der Waals surface area contributed by atoms with Crippen molar-refractivity contribution < 1.29 is 0 Å². The number of hydrogen-bond donors (Lipinski definition) is 0. The zero-order valence-corrected chi connectivity index (χ0v) is 37.1. The molecule has 2 spiro atoms. The van der Waals surface area contributed by atoms with E-state index in [2.05, 4.69) is 231 Å². The van der Waals surface area contributed by atoms with Crippen LogP contribution in [0.3, 0.4) is 0 Å². The van der Waals surface area contributed by atoms with Gasteiger partial charge in [-0.05, 0) is 108 Å². The number of fused-ring (bicyclic) bond motifs is 20. The molecule has 12 aromatic rings. The fourth-order valence-corrected chi connectivity index (χ4v) is 13.7. The highest BCUT2D eigenvalue weighted by molar-refractivity contribution is 7.25. The van der Waals surface area contributed by atoms with Gasteiger partial charge in [-0.2, -0.15) is 0 Å². The lowest BCUT2D eigenvalue weighted by Crippen LogP contribution is -2.43. The molecular formula is C64H38N2S. The number of nitrogens with zero attached hydrogens (tertiary/aromatic N) is 2. The molecule has 0 unspecified atom stereocenters. The Labute approximate surface area is 392 Å². The summed E-state index contributed by atoms with van der Waals surface area (Å²) in [5, 5.41) is 4.94. The average Bonchev–Trinajstić information content (AvgIpc) is 4.02. The van der Waals surface area contributed by atoms with Crippen LogP contribution in [0.2, 0.25) is 0 Å². The smallest absolute Gasteiger partial charge is 0.160 e. The third kappa shape index (κ3) is 4.83. The molecule has 310 valence electrons. The molecule has 0 aliphatic heterocycles. The Hall–Kier alpha value is -8.24. The van der Waals surface area contributed by atoms with Crippen molar-refractivity contribution in [2.24, 2.45) is 0 Å². The second-order valence-electron chi connectivity index (χ2n) is 18.3. The third-order valence-corrected chi connectivity index (χ3v) is 16.3. The van der Waals surface area contributed by atoms with Crippen LogP contribution in [0.25, 0.3) is 87.1 Å². The van der Waals surface area contributed by atoms with E-state index in [1.165, 1.54) is 97.7 Å². The molecular weight excluding hydrogens is 829 g/mol. The largest absolute Gasteiger partial charge is 0.228 e. The van der Waals surface area contributed by atoms with Gasteiger partial charge < -0.3 is 0 Å². The van der Waals surface area contributed by atoms with Gasteiger partial charge in [0.2, 0.25) is 0 Å². The van der Waals surface area contributed by atoms with Crippen molar-refractivity contribution in [2.75, 3.05) is 0 Å². The molecule has 10 aromatic carbocycles. The molecule has 0 bridgehead atoms. The minimum Gasteiger partial charge on any atom is -0.228 e. The maximum Gasteiger partial charge on any atom is 0.160 e. The van der Waals surface area contributed by atoms with E-state index in [4.69, 9.17) is 9.97 Å². The first-order valence-electron chi connectivity index (χ1n) is 23.1. The fourth-order valence-electron chi connectivity index (χ4n) is 12.6. The minimum absolute atomic E-state index is 0.514. The predicted octanol–water partition coefficient (Wildman–Crippen LogP) is 16.0. The van der Waals surface area contributed by atoms with Gasteiger partial charge >= 0.3 is 0 Å². The highest BCUT2D eigenvalue weighted by Crippen LogP contribution is 2.68. The monoisotopic (exact) mass is 866 g/mol. The van der Waals surface area contributed by atoms with Crippen LogP contribution < -0.4 is 0 Å². The summed E-state index contributed by atoms with van der Waals surface area (Å²) in [6, 6.07) is 85.8. The molecule has 0 N–H and O–H groups in total. The maximum absolute atomic E-state index is 5.58. The van der Waals surface area contributed by atoms with E-state index in [0.29, 0.717) is 5.82 Å².